The zero-order valence-electron chi connectivity index (χ0n) is 11.5. The quantitative estimate of drug-likeness (QED) is 0.740. The maximum absolute atomic E-state index is 5.66. The predicted octanol–water partition coefficient (Wildman–Crippen LogP) is 4.40. The summed E-state index contributed by atoms with van der Waals surface area (Å²) in [7, 11) is 0. The minimum absolute atomic E-state index is 0.740. The molecule has 0 aliphatic carbocycles. The molecule has 0 atom stereocenters. The van der Waals surface area contributed by atoms with Crippen LogP contribution < -0.4 is 5.73 Å². The lowest BCUT2D eigenvalue weighted by molar-refractivity contribution is 0.834. The smallest absolute Gasteiger partial charge is 0.00741 e. The molecular weight excluding hydrogens is 242 g/mol. The Kier molecular flexibility index (Phi) is 3.80. The van der Waals surface area contributed by atoms with E-state index in [0.29, 0.717) is 0 Å². The van der Waals surface area contributed by atoms with Gasteiger partial charge in [0.2, 0.25) is 0 Å². The monoisotopic (exact) mass is 261 g/mol. The molecular formula is C19H19N. The van der Waals surface area contributed by atoms with Gasteiger partial charge in [-0.2, -0.15) is 0 Å². The molecule has 0 radical (unpaired) electrons. The van der Waals surface area contributed by atoms with Gasteiger partial charge in [0.15, 0.2) is 0 Å². The fourth-order valence-electron chi connectivity index (χ4n) is 2.75. The Morgan fingerprint density at radius 2 is 1.40 bits per heavy atom. The molecule has 0 aliphatic rings. The number of benzene rings is 3. The average molecular weight is 261 g/mol. The third-order valence-electron chi connectivity index (χ3n) is 3.75. The molecule has 3 aromatic carbocycles. The van der Waals surface area contributed by atoms with Crippen molar-refractivity contribution in [1.29, 1.82) is 0 Å². The molecule has 0 spiro atoms. The number of hydrogen-bond acceptors (Lipinski definition) is 1. The van der Waals surface area contributed by atoms with Gasteiger partial charge in [-0.3, -0.25) is 0 Å². The van der Waals surface area contributed by atoms with Crippen molar-refractivity contribution in [3.05, 3.63) is 72.3 Å². The van der Waals surface area contributed by atoms with Crippen molar-refractivity contribution in [3.8, 4) is 11.1 Å². The first-order valence-corrected chi connectivity index (χ1v) is 7.16. The minimum atomic E-state index is 0.740. The summed E-state index contributed by atoms with van der Waals surface area (Å²) in [6.45, 7) is 0.740. The lowest BCUT2D eigenvalue weighted by Crippen LogP contribution is -2.01. The fourth-order valence-corrected chi connectivity index (χ4v) is 2.75. The number of hydrogen-bond donors (Lipinski definition) is 1. The van der Waals surface area contributed by atoms with Gasteiger partial charge in [-0.25, -0.2) is 0 Å². The molecule has 2 N–H and O–H groups in total. The SMILES string of the molecule is NCCCc1ccccc1-c1cccc2ccccc12. The van der Waals surface area contributed by atoms with Gasteiger partial charge in [-0.15, -0.1) is 0 Å². The summed E-state index contributed by atoms with van der Waals surface area (Å²) < 4.78 is 0. The van der Waals surface area contributed by atoms with E-state index >= 15 is 0 Å². The van der Waals surface area contributed by atoms with Crippen molar-refractivity contribution in [2.75, 3.05) is 6.54 Å². The standard InChI is InChI=1S/C19H19N/c20-14-6-10-16-8-2-4-12-18(16)19-13-5-9-15-7-1-3-11-17(15)19/h1-5,7-9,11-13H,6,10,14,20H2. The summed E-state index contributed by atoms with van der Waals surface area (Å²) in [5, 5.41) is 2.61. The highest BCUT2D eigenvalue weighted by molar-refractivity contribution is 5.97. The van der Waals surface area contributed by atoms with E-state index < -0.39 is 0 Å². The van der Waals surface area contributed by atoms with Crippen molar-refractivity contribution in [3.63, 3.8) is 0 Å². The van der Waals surface area contributed by atoms with Crippen molar-refractivity contribution in [2.45, 2.75) is 12.8 Å². The summed E-state index contributed by atoms with van der Waals surface area (Å²) in [6, 6.07) is 23.7. The molecule has 0 fully saturated rings. The van der Waals surface area contributed by atoms with Gasteiger partial charge in [-0.1, -0.05) is 66.7 Å². The van der Waals surface area contributed by atoms with E-state index in [0.717, 1.165) is 19.4 Å². The predicted molar refractivity (Wildman–Crippen MR) is 86.8 cm³/mol. The van der Waals surface area contributed by atoms with Crippen LogP contribution in [0.25, 0.3) is 21.9 Å². The topological polar surface area (TPSA) is 26.0 Å². The van der Waals surface area contributed by atoms with E-state index in [9.17, 15) is 0 Å². The first kappa shape index (κ1) is 12.9. The molecule has 0 saturated carbocycles. The molecule has 0 amide bonds. The number of rotatable bonds is 4. The second kappa shape index (κ2) is 5.89. The number of aryl methyl sites for hydroxylation is 1. The Hall–Kier alpha value is -2.12. The van der Waals surface area contributed by atoms with E-state index in [-0.39, 0.29) is 0 Å². The number of fused-ring (bicyclic) bond motifs is 1. The van der Waals surface area contributed by atoms with Gasteiger partial charge >= 0.3 is 0 Å². The molecule has 1 heteroatoms. The van der Waals surface area contributed by atoms with E-state index in [1.54, 1.807) is 0 Å². The van der Waals surface area contributed by atoms with Gasteiger partial charge in [0.1, 0.15) is 0 Å². The first-order chi connectivity index (χ1) is 9.90. The average Bonchev–Trinajstić information content (AvgIpc) is 2.53. The molecule has 0 heterocycles. The van der Waals surface area contributed by atoms with Gasteiger partial charge in [0, 0.05) is 0 Å². The zero-order valence-corrected chi connectivity index (χ0v) is 11.5. The summed E-state index contributed by atoms with van der Waals surface area (Å²) in [6.07, 6.45) is 2.07. The maximum atomic E-state index is 5.66. The van der Waals surface area contributed by atoms with E-state index in [1.807, 2.05) is 0 Å². The van der Waals surface area contributed by atoms with Gasteiger partial charge in [0.05, 0.1) is 0 Å². The van der Waals surface area contributed by atoms with Gasteiger partial charge < -0.3 is 5.73 Å². The van der Waals surface area contributed by atoms with Crippen molar-refractivity contribution >= 4 is 10.8 Å². The normalized spacial score (nSPS) is 10.8. The zero-order chi connectivity index (χ0) is 13.8. The van der Waals surface area contributed by atoms with Crippen LogP contribution in [0, 0.1) is 0 Å². The molecule has 1 nitrogen and oxygen atoms in total. The van der Waals surface area contributed by atoms with Crippen LogP contribution in [0.3, 0.4) is 0 Å². The van der Waals surface area contributed by atoms with Crippen LogP contribution in [0.1, 0.15) is 12.0 Å². The maximum Gasteiger partial charge on any atom is -0.00741 e. The minimum Gasteiger partial charge on any atom is -0.330 e. The van der Waals surface area contributed by atoms with E-state index in [4.69, 9.17) is 5.73 Å². The molecule has 20 heavy (non-hydrogen) atoms. The highest BCUT2D eigenvalue weighted by Gasteiger charge is 2.07. The molecule has 0 aliphatic heterocycles. The van der Waals surface area contributed by atoms with Crippen LogP contribution in [0.4, 0.5) is 0 Å². The van der Waals surface area contributed by atoms with Crippen LogP contribution in [-0.2, 0) is 6.42 Å². The lowest BCUT2D eigenvalue weighted by atomic mass is 9.93. The van der Waals surface area contributed by atoms with Crippen LogP contribution in [0.15, 0.2) is 66.7 Å². The van der Waals surface area contributed by atoms with Crippen LogP contribution in [0.5, 0.6) is 0 Å². The second-order valence-electron chi connectivity index (χ2n) is 5.08. The molecule has 3 aromatic rings. The summed E-state index contributed by atoms with van der Waals surface area (Å²) in [4.78, 5) is 0. The fraction of sp³-hybridized carbons (Fsp3) is 0.158. The van der Waals surface area contributed by atoms with E-state index in [2.05, 4.69) is 66.7 Å². The molecule has 0 unspecified atom stereocenters. The van der Waals surface area contributed by atoms with Crippen LogP contribution in [-0.4, -0.2) is 6.54 Å². The Morgan fingerprint density at radius 3 is 2.30 bits per heavy atom. The third-order valence-corrected chi connectivity index (χ3v) is 3.75. The number of nitrogens with two attached hydrogens (primary N) is 1. The first-order valence-electron chi connectivity index (χ1n) is 7.16. The molecule has 0 bridgehead atoms. The Labute approximate surface area is 120 Å². The van der Waals surface area contributed by atoms with Crippen molar-refractivity contribution in [2.24, 2.45) is 5.73 Å². The second-order valence-corrected chi connectivity index (χ2v) is 5.08. The van der Waals surface area contributed by atoms with Crippen molar-refractivity contribution in [1.82, 2.24) is 0 Å². The van der Waals surface area contributed by atoms with Crippen LogP contribution in [0.2, 0.25) is 0 Å². The van der Waals surface area contributed by atoms with Gasteiger partial charge in [-0.05, 0) is 46.8 Å². The summed E-state index contributed by atoms with van der Waals surface area (Å²) in [5.74, 6) is 0. The highest BCUT2D eigenvalue weighted by atomic mass is 14.5. The molecule has 3 rings (SSSR count). The lowest BCUT2D eigenvalue weighted by Gasteiger charge is -2.12. The Balaban J connectivity index is 2.16. The largest absolute Gasteiger partial charge is 0.330 e. The summed E-state index contributed by atoms with van der Waals surface area (Å²) >= 11 is 0. The van der Waals surface area contributed by atoms with Crippen molar-refractivity contribution < 1.29 is 0 Å². The molecule has 100 valence electrons. The van der Waals surface area contributed by atoms with Crippen LogP contribution >= 0.6 is 0 Å². The van der Waals surface area contributed by atoms with Gasteiger partial charge in [0.25, 0.3) is 0 Å². The summed E-state index contributed by atoms with van der Waals surface area (Å²) in [5.41, 5.74) is 9.69. The molecule has 0 aromatic heterocycles. The highest BCUT2D eigenvalue weighted by Crippen LogP contribution is 2.31. The Bertz CT molecular complexity index is 710. The third kappa shape index (κ3) is 2.45. The molecule has 0 saturated heterocycles. The Morgan fingerprint density at radius 1 is 0.700 bits per heavy atom. The van der Waals surface area contributed by atoms with E-state index in [1.165, 1.54) is 27.5 Å².